The van der Waals surface area contributed by atoms with Gasteiger partial charge in [-0.15, -0.1) is 0 Å². The second-order valence-corrected chi connectivity index (χ2v) is 5.62. The number of aryl methyl sites for hydroxylation is 1. The molecule has 1 aromatic carbocycles. The fourth-order valence-corrected chi connectivity index (χ4v) is 1.96. The van der Waals surface area contributed by atoms with E-state index in [0.29, 0.717) is 5.57 Å². The fourth-order valence-electron chi connectivity index (χ4n) is 1.96. The molecule has 0 radical (unpaired) electrons. The normalized spacial score (nSPS) is 11.9. The molecule has 0 aliphatic carbocycles. The zero-order chi connectivity index (χ0) is 20.7. The van der Waals surface area contributed by atoms with E-state index in [1.165, 1.54) is 18.2 Å². The summed E-state index contributed by atoms with van der Waals surface area (Å²) in [5.41, 5.74) is 0.399. The van der Waals surface area contributed by atoms with Crippen LogP contribution in [0.15, 0.2) is 84.7 Å². The van der Waals surface area contributed by atoms with Crippen molar-refractivity contribution in [1.82, 2.24) is 0 Å². The van der Waals surface area contributed by atoms with Crippen molar-refractivity contribution in [3.8, 4) is 5.75 Å². The third-order valence-electron chi connectivity index (χ3n) is 3.71. The molecule has 144 valence electrons. The standard InChI is InChI=1S/C21H20F4O2/c1-12(7-9-16-10-11-17(26)21(25)20(16)24)6-8-13(2)14(3)18(22)19(23)15(4)27-5/h6,8,10-11,26H,1-4,7,9H2,5H3/b8-6-,19-18-. The summed E-state index contributed by atoms with van der Waals surface area (Å²) in [5.74, 6) is -6.18. The van der Waals surface area contributed by atoms with Crippen molar-refractivity contribution < 1.29 is 27.4 Å². The number of phenols is 1. The van der Waals surface area contributed by atoms with Crippen molar-refractivity contribution >= 4 is 0 Å². The first-order valence-corrected chi connectivity index (χ1v) is 7.78. The summed E-state index contributed by atoms with van der Waals surface area (Å²) in [6, 6.07) is 2.34. The quantitative estimate of drug-likeness (QED) is 0.317. The second-order valence-electron chi connectivity index (χ2n) is 5.62. The molecule has 0 saturated heterocycles. The van der Waals surface area contributed by atoms with Gasteiger partial charge in [-0.05, 0) is 30.0 Å². The molecule has 0 saturated carbocycles. The molecule has 2 nitrogen and oxygen atoms in total. The largest absolute Gasteiger partial charge is 0.505 e. The number of halogens is 4. The molecule has 0 bridgehead atoms. The maximum Gasteiger partial charge on any atom is 0.200 e. The van der Waals surface area contributed by atoms with E-state index >= 15 is 0 Å². The number of phenolic OH excluding ortho intramolecular Hbond substituents is 1. The Balaban J connectivity index is 2.73. The van der Waals surface area contributed by atoms with Gasteiger partial charge >= 0.3 is 0 Å². The number of hydrogen-bond donors (Lipinski definition) is 1. The molecule has 0 aliphatic heterocycles. The van der Waals surface area contributed by atoms with Gasteiger partial charge in [-0.1, -0.05) is 50.1 Å². The van der Waals surface area contributed by atoms with Crippen molar-refractivity contribution in [1.29, 1.82) is 0 Å². The lowest BCUT2D eigenvalue weighted by Gasteiger charge is -2.07. The first kappa shape index (κ1) is 22.0. The van der Waals surface area contributed by atoms with Gasteiger partial charge < -0.3 is 9.84 Å². The maximum absolute atomic E-state index is 13.9. The highest BCUT2D eigenvalue weighted by Gasteiger charge is 2.15. The lowest BCUT2D eigenvalue weighted by Crippen LogP contribution is -1.96. The third kappa shape index (κ3) is 5.74. The molecular formula is C21H20F4O2. The van der Waals surface area contributed by atoms with Crippen LogP contribution in [0.1, 0.15) is 12.0 Å². The van der Waals surface area contributed by atoms with Crippen LogP contribution >= 0.6 is 0 Å². The lowest BCUT2D eigenvalue weighted by atomic mass is 10.0. The molecular weight excluding hydrogens is 360 g/mol. The van der Waals surface area contributed by atoms with Gasteiger partial charge in [-0.25, -0.2) is 8.78 Å². The summed E-state index contributed by atoms with van der Waals surface area (Å²) in [7, 11) is 1.15. The van der Waals surface area contributed by atoms with Gasteiger partial charge in [-0.3, -0.25) is 0 Å². The van der Waals surface area contributed by atoms with Crippen molar-refractivity contribution in [3.05, 3.63) is 102 Å². The molecule has 0 amide bonds. The van der Waals surface area contributed by atoms with Gasteiger partial charge in [0.05, 0.1) is 7.11 Å². The monoisotopic (exact) mass is 380 g/mol. The minimum absolute atomic E-state index is 0.0808. The van der Waals surface area contributed by atoms with E-state index in [1.807, 2.05) is 0 Å². The maximum atomic E-state index is 13.9. The number of allylic oxidation sites excluding steroid dienone is 7. The molecule has 0 unspecified atom stereocenters. The Labute approximate surface area is 155 Å². The Morgan fingerprint density at radius 1 is 1.04 bits per heavy atom. The summed E-state index contributed by atoms with van der Waals surface area (Å²) < 4.78 is 59.1. The molecule has 1 aromatic rings. The molecule has 0 aromatic heterocycles. The fraction of sp³-hybridized carbons (Fsp3) is 0.143. The van der Waals surface area contributed by atoms with Crippen LogP contribution in [0.25, 0.3) is 0 Å². The lowest BCUT2D eigenvalue weighted by molar-refractivity contribution is 0.281. The van der Waals surface area contributed by atoms with E-state index in [0.717, 1.165) is 13.2 Å². The van der Waals surface area contributed by atoms with Gasteiger partial charge in [0.2, 0.25) is 11.6 Å². The van der Waals surface area contributed by atoms with Crippen LogP contribution in [0.4, 0.5) is 17.6 Å². The number of methoxy groups -OCH3 is 1. The Kier molecular flexibility index (Phi) is 7.84. The molecule has 0 atom stereocenters. The van der Waals surface area contributed by atoms with Crippen molar-refractivity contribution in [2.75, 3.05) is 7.11 Å². The zero-order valence-electron chi connectivity index (χ0n) is 14.9. The van der Waals surface area contributed by atoms with Gasteiger partial charge in [0, 0.05) is 5.57 Å². The van der Waals surface area contributed by atoms with Crippen LogP contribution in [0, 0.1) is 11.6 Å². The molecule has 0 aliphatic rings. The molecule has 27 heavy (non-hydrogen) atoms. The van der Waals surface area contributed by atoms with Crippen LogP contribution in [-0.4, -0.2) is 12.2 Å². The van der Waals surface area contributed by atoms with Gasteiger partial charge in [0.25, 0.3) is 0 Å². The Morgan fingerprint density at radius 2 is 1.67 bits per heavy atom. The predicted molar refractivity (Wildman–Crippen MR) is 98.3 cm³/mol. The molecule has 1 rings (SSSR count). The molecule has 1 N–H and O–H groups in total. The van der Waals surface area contributed by atoms with E-state index in [9.17, 15) is 17.6 Å². The smallest absolute Gasteiger partial charge is 0.200 e. The number of ether oxygens (including phenoxy) is 1. The SMILES string of the molecule is C=C(/C=C\C(=C)C(=C)/C(F)=C(/F)C(=C)OC)CCc1ccc(O)c(F)c1F. The summed E-state index contributed by atoms with van der Waals surface area (Å²) >= 11 is 0. The molecule has 0 fully saturated rings. The van der Waals surface area contributed by atoms with Crippen LogP contribution in [0.2, 0.25) is 0 Å². The van der Waals surface area contributed by atoms with Crippen LogP contribution in [-0.2, 0) is 11.2 Å². The van der Waals surface area contributed by atoms with Crippen molar-refractivity contribution in [3.63, 3.8) is 0 Å². The average Bonchev–Trinajstić information content (AvgIpc) is 2.67. The average molecular weight is 380 g/mol. The molecule has 0 heterocycles. The van der Waals surface area contributed by atoms with E-state index in [1.54, 1.807) is 0 Å². The number of rotatable bonds is 9. The summed E-state index contributed by atoms with van der Waals surface area (Å²) in [5, 5.41) is 9.10. The summed E-state index contributed by atoms with van der Waals surface area (Å²) in [4.78, 5) is 0. The number of benzene rings is 1. The van der Waals surface area contributed by atoms with Crippen molar-refractivity contribution in [2.45, 2.75) is 12.8 Å². The summed E-state index contributed by atoms with van der Waals surface area (Å²) in [6.07, 6.45) is 3.26. The highest BCUT2D eigenvalue weighted by atomic mass is 19.2. The van der Waals surface area contributed by atoms with E-state index < -0.39 is 34.8 Å². The highest BCUT2D eigenvalue weighted by Crippen LogP contribution is 2.27. The van der Waals surface area contributed by atoms with Gasteiger partial charge in [0.1, 0.15) is 5.76 Å². The molecule has 6 heteroatoms. The first-order valence-electron chi connectivity index (χ1n) is 7.78. The topological polar surface area (TPSA) is 29.5 Å². The van der Waals surface area contributed by atoms with Gasteiger partial charge in [-0.2, -0.15) is 8.78 Å². The Bertz CT molecular complexity index is 848. The number of hydrogen-bond acceptors (Lipinski definition) is 2. The van der Waals surface area contributed by atoms with Crippen LogP contribution in [0.3, 0.4) is 0 Å². The van der Waals surface area contributed by atoms with Crippen molar-refractivity contribution in [2.24, 2.45) is 0 Å². The van der Waals surface area contributed by atoms with Crippen LogP contribution in [0.5, 0.6) is 5.75 Å². The zero-order valence-corrected chi connectivity index (χ0v) is 14.9. The molecule has 0 spiro atoms. The third-order valence-corrected chi connectivity index (χ3v) is 3.71. The summed E-state index contributed by atoms with van der Waals surface area (Å²) in [6.45, 7) is 14.0. The minimum Gasteiger partial charge on any atom is -0.505 e. The number of aromatic hydroxyl groups is 1. The Hall–Kier alpha value is -3.02. The first-order chi connectivity index (χ1) is 12.6. The Morgan fingerprint density at radius 3 is 2.26 bits per heavy atom. The predicted octanol–water partition coefficient (Wildman–Crippen LogP) is 6.14. The highest BCUT2D eigenvalue weighted by molar-refractivity contribution is 5.49. The minimum atomic E-state index is -1.31. The van der Waals surface area contributed by atoms with Gasteiger partial charge in [0.15, 0.2) is 17.4 Å². The van der Waals surface area contributed by atoms with E-state index in [2.05, 4.69) is 31.1 Å². The van der Waals surface area contributed by atoms with E-state index in [4.69, 9.17) is 5.11 Å². The van der Waals surface area contributed by atoms with E-state index in [-0.39, 0.29) is 29.6 Å². The second kappa shape index (κ2) is 9.62. The van der Waals surface area contributed by atoms with Crippen LogP contribution < -0.4 is 0 Å².